The van der Waals surface area contributed by atoms with E-state index in [1.165, 1.54) is 11.3 Å². The van der Waals surface area contributed by atoms with Crippen LogP contribution in [0, 0.1) is 13.8 Å². The number of anilines is 1. The summed E-state index contributed by atoms with van der Waals surface area (Å²) in [5, 5.41) is 6.85. The Labute approximate surface area is 185 Å². The monoisotopic (exact) mass is 448 g/mol. The molecule has 0 fully saturated rings. The zero-order valence-corrected chi connectivity index (χ0v) is 18.6. The first-order valence-electron chi connectivity index (χ1n) is 9.24. The number of thiazole rings is 2. The lowest BCUT2D eigenvalue weighted by Crippen LogP contribution is -2.12. The third kappa shape index (κ3) is 3.43. The van der Waals surface area contributed by atoms with Gasteiger partial charge < -0.3 is 5.32 Å². The highest BCUT2D eigenvalue weighted by Crippen LogP contribution is 2.35. The lowest BCUT2D eigenvalue weighted by molar-refractivity contribution is 0.102. The van der Waals surface area contributed by atoms with Gasteiger partial charge in [-0.25, -0.2) is 15.0 Å². The number of carbonyl (C=O) groups is 1. The molecule has 0 radical (unpaired) electrons. The van der Waals surface area contributed by atoms with Gasteiger partial charge in [0.15, 0.2) is 0 Å². The Bertz CT molecular complexity index is 1340. The number of hydrogen-bond donors (Lipinski definition) is 1. The van der Waals surface area contributed by atoms with Gasteiger partial charge >= 0.3 is 0 Å². The predicted molar refractivity (Wildman–Crippen MR) is 126 cm³/mol. The third-order valence-corrected chi connectivity index (χ3v) is 7.92. The molecule has 0 spiro atoms. The van der Waals surface area contributed by atoms with Crippen molar-refractivity contribution in [3.63, 3.8) is 0 Å². The quantitative estimate of drug-likeness (QED) is 0.345. The Kier molecular flexibility index (Phi) is 4.90. The van der Waals surface area contributed by atoms with Crippen LogP contribution in [0.5, 0.6) is 0 Å². The van der Waals surface area contributed by atoms with Crippen molar-refractivity contribution in [3.8, 4) is 20.5 Å². The minimum absolute atomic E-state index is 0.140. The highest BCUT2D eigenvalue weighted by molar-refractivity contribution is 7.22. The molecule has 0 saturated carbocycles. The number of hydrogen-bond acceptors (Lipinski definition) is 7. The second-order valence-electron chi connectivity index (χ2n) is 6.69. The number of rotatable bonds is 4. The molecule has 0 aliphatic heterocycles. The number of nitrogens with zero attached hydrogens (tertiary/aromatic N) is 3. The summed E-state index contributed by atoms with van der Waals surface area (Å²) >= 11 is 4.60. The van der Waals surface area contributed by atoms with Crippen LogP contribution >= 0.6 is 34.0 Å². The first kappa shape index (κ1) is 19.0. The summed E-state index contributed by atoms with van der Waals surface area (Å²) in [5.74, 6) is -0.140. The summed E-state index contributed by atoms with van der Waals surface area (Å²) in [7, 11) is 0. The summed E-state index contributed by atoms with van der Waals surface area (Å²) in [4.78, 5) is 29.3. The van der Waals surface area contributed by atoms with Crippen LogP contribution in [0.15, 0.2) is 54.0 Å². The van der Waals surface area contributed by atoms with Gasteiger partial charge in [0, 0.05) is 17.4 Å². The number of carbonyl (C=O) groups excluding carboxylic acids is 1. The van der Waals surface area contributed by atoms with Crippen LogP contribution in [0.25, 0.3) is 30.8 Å². The van der Waals surface area contributed by atoms with Crippen molar-refractivity contribution in [1.29, 1.82) is 0 Å². The predicted octanol–water partition coefficient (Wildman–Crippen LogP) is 6.41. The molecule has 0 aliphatic rings. The molecule has 8 heteroatoms. The fourth-order valence-corrected chi connectivity index (χ4v) is 5.93. The second-order valence-corrected chi connectivity index (χ2v) is 9.61. The molecular weight excluding hydrogens is 432 g/mol. The molecule has 5 aromatic rings. The average molecular weight is 449 g/mol. The fraction of sp³-hybridized carbons (Fsp3) is 0.0909. The van der Waals surface area contributed by atoms with Crippen LogP contribution < -0.4 is 5.32 Å². The molecular formula is C22H16N4OS3. The molecule has 1 N–H and O–H groups in total. The van der Waals surface area contributed by atoms with Crippen molar-refractivity contribution in [2.75, 3.05) is 5.32 Å². The van der Waals surface area contributed by atoms with Crippen molar-refractivity contribution in [3.05, 3.63) is 70.2 Å². The minimum Gasteiger partial charge on any atom is -0.321 e. The van der Waals surface area contributed by atoms with E-state index in [4.69, 9.17) is 4.98 Å². The molecule has 0 bridgehead atoms. The first-order valence-corrected chi connectivity index (χ1v) is 11.8. The van der Waals surface area contributed by atoms with E-state index in [-0.39, 0.29) is 5.91 Å². The van der Waals surface area contributed by atoms with Crippen molar-refractivity contribution < 1.29 is 4.79 Å². The second kappa shape index (κ2) is 7.71. The lowest BCUT2D eigenvalue weighted by atomic mass is 10.1. The third-order valence-electron chi connectivity index (χ3n) is 4.71. The molecule has 1 amide bonds. The van der Waals surface area contributed by atoms with E-state index in [0.29, 0.717) is 4.88 Å². The molecule has 148 valence electrons. The Morgan fingerprint density at radius 3 is 2.67 bits per heavy atom. The topological polar surface area (TPSA) is 67.8 Å². The summed E-state index contributed by atoms with van der Waals surface area (Å²) in [5.41, 5.74) is 4.37. The Morgan fingerprint density at radius 2 is 1.87 bits per heavy atom. The van der Waals surface area contributed by atoms with Crippen molar-refractivity contribution in [1.82, 2.24) is 15.0 Å². The molecule has 0 aliphatic carbocycles. The van der Waals surface area contributed by atoms with Gasteiger partial charge in [-0.2, -0.15) is 0 Å². The number of nitrogens with one attached hydrogen (secondary N) is 1. The number of fused-ring (bicyclic) bond motifs is 1. The van der Waals surface area contributed by atoms with Crippen LogP contribution in [0.1, 0.15) is 20.9 Å². The van der Waals surface area contributed by atoms with E-state index < -0.39 is 0 Å². The maximum atomic E-state index is 13.0. The van der Waals surface area contributed by atoms with E-state index in [1.54, 1.807) is 28.9 Å². The lowest BCUT2D eigenvalue weighted by Gasteiger charge is -2.10. The molecule has 5 rings (SSSR count). The Balaban J connectivity index is 1.46. The zero-order valence-electron chi connectivity index (χ0n) is 16.2. The van der Waals surface area contributed by atoms with E-state index in [2.05, 4.69) is 15.3 Å². The summed E-state index contributed by atoms with van der Waals surface area (Å²) in [6, 6.07) is 13.7. The van der Waals surface area contributed by atoms with E-state index >= 15 is 0 Å². The van der Waals surface area contributed by atoms with Gasteiger partial charge in [0.25, 0.3) is 5.91 Å². The van der Waals surface area contributed by atoms with Crippen LogP contribution in [0.3, 0.4) is 0 Å². The number of benzene rings is 1. The van der Waals surface area contributed by atoms with Gasteiger partial charge in [-0.3, -0.25) is 4.79 Å². The molecule has 5 nitrogen and oxygen atoms in total. The number of pyridine rings is 1. The van der Waals surface area contributed by atoms with Gasteiger partial charge in [-0.15, -0.1) is 22.7 Å². The number of aryl methyl sites for hydroxylation is 1. The fourth-order valence-electron chi connectivity index (χ4n) is 3.18. The molecule has 0 unspecified atom stereocenters. The number of thiophene rings is 1. The Morgan fingerprint density at radius 1 is 0.967 bits per heavy atom. The van der Waals surface area contributed by atoms with Crippen LogP contribution in [-0.2, 0) is 0 Å². The maximum absolute atomic E-state index is 13.0. The highest BCUT2D eigenvalue weighted by atomic mass is 32.1. The van der Waals surface area contributed by atoms with Gasteiger partial charge in [-0.1, -0.05) is 29.5 Å². The van der Waals surface area contributed by atoms with Crippen LogP contribution in [-0.4, -0.2) is 20.9 Å². The van der Waals surface area contributed by atoms with E-state index in [1.807, 2.05) is 61.7 Å². The van der Waals surface area contributed by atoms with Gasteiger partial charge in [-0.05, 0) is 49.1 Å². The summed E-state index contributed by atoms with van der Waals surface area (Å²) in [6.07, 6.45) is 1.77. The van der Waals surface area contributed by atoms with Gasteiger partial charge in [0.05, 0.1) is 10.6 Å². The zero-order chi connectivity index (χ0) is 20.7. The van der Waals surface area contributed by atoms with Crippen LogP contribution in [0.4, 0.5) is 5.69 Å². The smallest absolute Gasteiger partial charge is 0.267 e. The largest absolute Gasteiger partial charge is 0.321 e. The highest BCUT2D eigenvalue weighted by Gasteiger charge is 2.19. The number of aromatic nitrogens is 3. The standard InChI is InChI=1S/C22H16N4OS3/c1-12-14(20-26-16-8-4-10-23-21(16)30-20)6-3-7-15(12)25-19(27)18-13(2)24-22(29-18)17-9-5-11-28-17/h3-11H,1-2H3,(H,25,27). The summed E-state index contributed by atoms with van der Waals surface area (Å²) in [6.45, 7) is 3.88. The van der Waals surface area contributed by atoms with Gasteiger partial charge in [0.2, 0.25) is 0 Å². The molecule has 4 heterocycles. The molecule has 30 heavy (non-hydrogen) atoms. The SMILES string of the molecule is Cc1nc(-c2cccs2)sc1C(=O)Nc1cccc(-c2nc3cccnc3s2)c1C. The maximum Gasteiger partial charge on any atom is 0.267 e. The van der Waals surface area contributed by atoms with E-state index in [0.717, 1.165) is 47.7 Å². The van der Waals surface area contributed by atoms with Crippen molar-refractivity contribution in [2.45, 2.75) is 13.8 Å². The average Bonchev–Trinajstić information content (AvgIpc) is 3.48. The molecule has 0 atom stereocenters. The van der Waals surface area contributed by atoms with E-state index in [9.17, 15) is 4.79 Å². The molecule has 0 saturated heterocycles. The minimum atomic E-state index is -0.140. The first-order chi connectivity index (χ1) is 14.6. The van der Waals surface area contributed by atoms with Crippen molar-refractivity contribution >= 4 is 56.0 Å². The Hall–Kier alpha value is -2.94. The molecule has 1 aromatic carbocycles. The number of amides is 1. The molecule has 4 aromatic heterocycles. The van der Waals surface area contributed by atoms with Crippen molar-refractivity contribution in [2.24, 2.45) is 0 Å². The van der Waals surface area contributed by atoms with Crippen LogP contribution in [0.2, 0.25) is 0 Å². The van der Waals surface area contributed by atoms with Gasteiger partial charge in [0.1, 0.15) is 25.2 Å². The normalized spacial score (nSPS) is 11.1. The summed E-state index contributed by atoms with van der Waals surface area (Å²) < 4.78 is 0.